The molecule has 0 spiro atoms. The fourth-order valence-electron chi connectivity index (χ4n) is 3.82. The molecule has 1 saturated carbocycles. The van der Waals surface area contributed by atoms with E-state index in [1.165, 1.54) is 37.7 Å². The van der Waals surface area contributed by atoms with Crippen LogP contribution in [0.3, 0.4) is 0 Å². The first kappa shape index (κ1) is 16.5. The van der Waals surface area contributed by atoms with Crippen LogP contribution in [0.2, 0.25) is 0 Å². The van der Waals surface area contributed by atoms with Crippen LogP contribution < -0.4 is 10.2 Å². The molecule has 4 heterocycles. The van der Waals surface area contributed by atoms with Crippen molar-refractivity contribution >= 4 is 23.7 Å². The summed E-state index contributed by atoms with van der Waals surface area (Å²) in [6.07, 6.45) is 10.2. The van der Waals surface area contributed by atoms with Crippen molar-refractivity contribution in [2.45, 2.75) is 44.7 Å². The third-order valence-corrected chi connectivity index (χ3v) is 5.54. The second kappa shape index (κ2) is 6.83. The lowest BCUT2D eigenvalue weighted by atomic mass is 10.1. The van der Waals surface area contributed by atoms with Gasteiger partial charge in [-0.3, -0.25) is 0 Å². The largest absolute Gasteiger partial charge is 0.367 e. The Kier molecular flexibility index (Phi) is 4.19. The first-order valence-electron chi connectivity index (χ1n) is 10.0. The molecule has 2 aromatic rings. The molecule has 6 nitrogen and oxygen atoms in total. The third-order valence-electron chi connectivity index (χ3n) is 5.54. The predicted molar refractivity (Wildman–Crippen MR) is 110 cm³/mol. The monoisotopic (exact) mass is 362 g/mol. The molecule has 2 fully saturated rings. The van der Waals surface area contributed by atoms with Crippen LogP contribution in [0.25, 0.3) is 11.3 Å². The molecule has 0 unspecified atom stereocenters. The van der Waals surface area contributed by atoms with E-state index in [1.54, 1.807) is 0 Å². The summed E-state index contributed by atoms with van der Waals surface area (Å²) in [6.45, 7) is 3.07. The van der Waals surface area contributed by atoms with Crippen LogP contribution in [0.1, 0.15) is 37.7 Å². The van der Waals surface area contributed by atoms with Crippen LogP contribution in [0.4, 0.5) is 17.3 Å². The summed E-state index contributed by atoms with van der Waals surface area (Å²) in [4.78, 5) is 18.8. The fourth-order valence-corrected chi connectivity index (χ4v) is 3.82. The van der Waals surface area contributed by atoms with Crippen molar-refractivity contribution in [3.8, 4) is 11.3 Å². The van der Waals surface area contributed by atoms with Crippen molar-refractivity contribution in [2.75, 3.05) is 30.4 Å². The van der Waals surface area contributed by atoms with Gasteiger partial charge in [0, 0.05) is 50.0 Å². The number of aliphatic imine (C=N–C) groups is 1. The molecule has 1 aliphatic carbocycles. The highest BCUT2D eigenvalue weighted by Gasteiger charge is 2.25. The number of nitrogens with one attached hydrogen (secondary N) is 1. The number of hydrogen-bond acceptors (Lipinski definition) is 6. The lowest BCUT2D eigenvalue weighted by Crippen LogP contribution is -2.29. The summed E-state index contributed by atoms with van der Waals surface area (Å²) in [7, 11) is 2.05. The smallest absolute Gasteiger partial charge is 0.134 e. The zero-order valence-corrected chi connectivity index (χ0v) is 15.9. The summed E-state index contributed by atoms with van der Waals surface area (Å²) < 4.78 is 0. The molecule has 0 amide bonds. The second-order valence-corrected chi connectivity index (χ2v) is 7.88. The summed E-state index contributed by atoms with van der Waals surface area (Å²) in [5.41, 5.74) is 4.19. The van der Waals surface area contributed by atoms with Gasteiger partial charge in [0.25, 0.3) is 0 Å². The zero-order chi connectivity index (χ0) is 18.2. The van der Waals surface area contributed by atoms with E-state index >= 15 is 0 Å². The number of rotatable bonds is 4. The number of pyridine rings is 2. The average molecular weight is 362 g/mol. The van der Waals surface area contributed by atoms with Crippen molar-refractivity contribution in [2.24, 2.45) is 4.99 Å². The molecule has 0 radical (unpaired) electrons. The maximum atomic E-state index is 4.95. The molecule has 0 bridgehead atoms. The van der Waals surface area contributed by atoms with E-state index in [1.807, 2.05) is 19.6 Å². The molecule has 0 aromatic carbocycles. The van der Waals surface area contributed by atoms with Gasteiger partial charge >= 0.3 is 0 Å². The molecular formula is C21H26N6. The minimum absolute atomic E-state index is 0.563. The van der Waals surface area contributed by atoms with Gasteiger partial charge in [-0.2, -0.15) is 0 Å². The van der Waals surface area contributed by atoms with Crippen molar-refractivity contribution in [1.29, 1.82) is 0 Å². The van der Waals surface area contributed by atoms with Gasteiger partial charge in [-0.15, -0.1) is 0 Å². The molecule has 3 aliphatic rings. The van der Waals surface area contributed by atoms with E-state index in [-0.39, 0.29) is 0 Å². The van der Waals surface area contributed by atoms with Crippen LogP contribution >= 0.6 is 0 Å². The molecule has 2 aromatic heterocycles. The molecule has 5 rings (SSSR count). The molecule has 6 heteroatoms. The SMILES string of the molecule is CN1C=Nc2cc(-c3ccc(N4CCCCC4)nc3)nc(NC3CC3)c2C1. The standard InChI is InChI=1S/C21H26N6/c1-26-13-17-19(23-14-26)11-18(25-21(17)24-16-6-7-16)15-5-8-20(22-12-15)27-9-3-2-4-10-27/h5,8,11-12,14,16H,2-4,6-7,9-10,13H2,1H3,(H,24,25). The Hall–Kier alpha value is -2.63. The van der Waals surface area contributed by atoms with Crippen LogP contribution in [0.5, 0.6) is 0 Å². The average Bonchev–Trinajstić information content (AvgIpc) is 3.53. The summed E-state index contributed by atoms with van der Waals surface area (Å²) >= 11 is 0. The maximum absolute atomic E-state index is 4.95. The maximum Gasteiger partial charge on any atom is 0.134 e. The van der Waals surface area contributed by atoms with Gasteiger partial charge in [0.2, 0.25) is 0 Å². The Morgan fingerprint density at radius 1 is 1.11 bits per heavy atom. The number of anilines is 2. The van der Waals surface area contributed by atoms with Gasteiger partial charge in [-0.1, -0.05) is 0 Å². The van der Waals surface area contributed by atoms with Crippen LogP contribution in [-0.4, -0.2) is 47.4 Å². The van der Waals surface area contributed by atoms with Crippen LogP contribution in [0.15, 0.2) is 29.4 Å². The van der Waals surface area contributed by atoms with Gasteiger partial charge in [-0.25, -0.2) is 15.0 Å². The van der Waals surface area contributed by atoms with Gasteiger partial charge in [-0.05, 0) is 50.3 Å². The Morgan fingerprint density at radius 2 is 1.96 bits per heavy atom. The quantitative estimate of drug-likeness (QED) is 0.896. The van der Waals surface area contributed by atoms with E-state index in [4.69, 9.17) is 9.97 Å². The Morgan fingerprint density at radius 3 is 2.70 bits per heavy atom. The molecule has 140 valence electrons. The van der Waals surface area contributed by atoms with E-state index in [9.17, 15) is 0 Å². The van der Waals surface area contributed by atoms with E-state index < -0.39 is 0 Å². The summed E-state index contributed by atoms with van der Waals surface area (Å²) in [5, 5.41) is 3.60. The lowest BCUT2D eigenvalue weighted by Gasteiger charge is -2.27. The highest BCUT2D eigenvalue weighted by molar-refractivity contribution is 5.76. The molecule has 2 aliphatic heterocycles. The molecule has 1 N–H and O–H groups in total. The lowest BCUT2D eigenvalue weighted by molar-refractivity contribution is 0.509. The minimum Gasteiger partial charge on any atom is -0.367 e. The van der Waals surface area contributed by atoms with Gasteiger partial charge in [0.15, 0.2) is 0 Å². The zero-order valence-electron chi connectivity index (χ0n) is 15.9. The molecule has 27 heavy (non-hydrogen) atoms. The van der Waals surface area contributed by atoms with Crippen LogP contribution in [-0.2, 0) is 6.54 Å². The van der Waals surface area contributed by atoms with E-state index in [0.29, 0.717) is 6.04 Å². The Bertz CT molecular complexity index is 850. The van der Waals surface area contributed by atoms with Crippen molar-refractivity contribution in [1.82, 2.24) is 14.9 Å². The van der Waals surface area contributed by atoms with Crippen LogP contribution in [0, 0.1) is 0 Å². The normalized spacial score (nSPS) is 19.1. The Balaban J connectivity index is 1.46. The highest BCUT2D eigenvalue weighted by Crippen LogP contribution is 2.36. The van der Waals surface area contributed by atoms with Gasteiger partial charge in [0.05, 0.1) is 17.7 Å². The highest BCUT2D eigenvalue weighted by atomic mass is 15.2. The second-order valence-electron chi connectivity index (χ2n) is 7.88. The molecular weight excluding hydrogens is 336 g/mol. The summed E-state index contributed by atoms with van der Waals surface area (Å²) in [5.74, 6) is 2.06. The van der Waals surface area contributed by atoms with Crippen molar-refractivity contribution in [3.05, 3.63) is 30.0 Å². The number of aromatic nitrogens is 2. The predicted octanol–water partition coefficient (Wildman–Crippen LogP) is 3.81. The van der Waals surface area contributed by atoms with Gasteiger partial charge < -0.3 is 15.1 Å². The minimum atomic E-state index is 0.563. The third kappa shape index (κ3) is 3.48. The first-order valence-corrected chi connectivity index (χ1v) is 10.0. The van der Waals surface area contributed by atoms with Crippen molar-refractivity contribution < 1.29 is 0 Å². The fraction of sp³-hybridized carbons (Fsp3) is 0.476. The number of fused-ring (bicyclic) bond motifs is 1. The Labute approximate surface area is 160 Å². The van der Waals surface area contributed by atoms with Crippen molar-refractivity contribution in [3.63, 3.8) is 0 Å². The summed E-state index contributed by atoms with van der Waals surface area (Å²) in [6, 6.07) is 6.93. The van der Waals surface area contributed by atoms with E-state index in [2.05, 4.69) is 38.3 Å². The molecule has 1 saturated heterocycles. The molecule has 0 atom stereocenters. The first-order chi connectivity index (χ1) is 13.3. The topological polar surface area (TPSA) is 56.7 Å². The van der Waals surface area contributed by atoms with E-state index in [0.717, 1.165) is 48.2 Å². The van der Waals surface area contributed by atoms with Gasteiger partial charge in [0.1, 0.15) is 11.6 Å². The number of nitrogens with zero attached hydrogens (tertiary/aromatic N) is 5. The number of piperidine rings is 1. The number of hydrogen-bond donors (Lipinski definition) is 1.